The zero-order chi connectivity index (χ0) is 13.7. The molecule has 0 aliphatic heterocycles. The molecule has 1 fully saturated rings. The highest BCUT2D eigenvalue weighted by Crippen LogP contribution is 2.23. The van der Waals surface area contributed by atoms with E-state index in [0.29, 0.717) is 0 Å². The molecule has 3 nitrogen and oxygen atoms in total. The molecule has 0 unspecified atom stereocenters. The van der Waals surface area contributed by atoms with E-state index in [4.69, 9.17) is 4.74 Å². The van der Waals surface area contributed by atoms with Gasteiger partial charge in [0.15, 0.2) is 0 Å². The largest absolute Gasteiger partial charge is 0.496 e. The van der Waals surface area contributed by atoms with E-state index in [2.05, 4.69) is 36.6 Å². The Labute approximate surface area is 116 Å². The molecule has 0 spiro atoms. The maximum Gasteiger partial charge on any atom is 0.122 e. The Kier molecular flexibility index (Phi) is 5.23. The molecular weight excluding hydrogens is 236 g/mol. The number of rotatable bonds is 8. The molecule has 1 saturated carbocycles. The van der Waals surface area contributed by atoms with Crippen LogP contribution in [0, 0.1) is 13.8 Å². The molecule has 1 aromatic carbocycles. The predicted molar refractivity (Wildman–Crippen MR) is 80.1 cm³/mol. The molecule has 0 aromatic heterocycles. The molecule has 3 heteroatoms. The quantitative estimate of drug-likeness (QED) is 0.705. The van der Waals surface area contributed by atoms with Crippen LogP contribution < -0.4 is 15.4 Å². The van der Waals surface area contributed by atoms with Crippen molar-refractivity contribution in [2.75, 3.05) is 26.7 Å². The van der Waals surface area contributed by atoms with Crippen LogP contribution in [0.3, 0.4) is 0 Å². The van der Waals surface area contributed by atoms with Gasteiger partial charge in [0.25, 0.3) is 0 Å². The van der Waals surface area contributed by atoms with Crippen LogP contribution in [-0.2, 0) is 6.42 Å². The average Bonchev–Trinajstić information content (AvgIpc) is 3.22. The molecule has 106 valence electrons. The number of methoxy groups -OCH3 is 1. The first-order chi connectivity index (χ1) is 9.22. The van der Waals surface area contributed by atoms with E-state index in [1.54, 1.807) is 7.11 Å². The molecule has 0 heterocycles. The summed E-state index contributed by atoms with van der Waals surface area (Å²) in [5.74, 6) is 0.989. The van der Waals surface area contributed by atoms with Gasteiger partial charge in [-0.15, -0.1) is 0 Å². The van der Waals surface area contributed by atoms with Crippen molar-refractivity contribution in [1.29, 1.82) is 0 Å². The molecule has 0 atom stereocenters. The summed E-state index contributed by atoms with van der Waals surface area (Å²) in [6, 6.07) is 5.07. The third-order valence-electron chi connectivity index (χ3n) is 3.95. The van der Waals surface area contributed by atoms with Gasteiger partial charge in [-0.25, -0.2) is 0 Å². The molecule has 0 amide bonds. The average molecular weight is 262 g/mol. The molecule has 0 radical (unpaired) electrons. The van der Waals surface area contributed by atoms with E-state index in [9.17, 15) is 0 Å². The summed E-state index contributed by atoms with van der Waals surface area (Å²) in [4.78, 5) is 0. The van der Waals surface area contributed by atoms with Crippen LogP contribution in [0.2, 0.25) is 0 Å². The molecule has 0 bridgehead atoms. The van der Waals surface area contributed by atoms with E-state index >= 15 is 0 Å². The van der Waals surface area contributed by atoms with Crippen LogP contribution in [0.25, 0.3) is 0 Å². The molecule has 2 N–H and O–H groups in total. The summed E-state index contributed by atoms with van der Waals surface area (Å²) in [6.45, 7) is 7.50. The number of hydrogen-bond donors (Lipinski definition) is 2. The third-order valence-corrected chi connectivity index (χ3v) is 3.95. The van der Waals surface area contributed by atoms with Gasteiger partial charge in [-0.2, -0.15) is 0 Å². The minimum atomic E-state index is 0.813. The highest BCUT2D eigenvalue weighted by molar-refractivity contribution is 5.43. The molecule has 19 heavy (non-hydrogen) atoms. The smallest absolute Gasteiger partial charge is 0.122 e. The number of benzene rings is 1. The molecule has 1 aromatic rings. The second-order valence-electron chi connectivity index (χ2n) is 5.41. The SMILES string of the molecule is COc1ccc(CCNCCNC2CC2)c(C)c1C. The summed E-state index contributed by atoms with van der Waals surface area (Å²) in [6.07, 6.45) is 3.81. The lowest BCUT2D eigenvalue weighted by atomic mass is 10.00. The lowest BCUT2D eigenvalue weighted by molar-refractivity contribution is 0.411. The fraction of sp³-hybridized carbons (Fsp3) is 0.625. The maximum atomic E-state index is 5.34. The monoisotopic (exact) mass is 262 g/mol. The first-order valence-corrected chi connectivity index (χ1v) is 7.29. The van der Waals surface area contributed by atoms with Gasteiger partial charge >= 0.3 is 0 Å². The predicted octanol–water partition coefficient (Wildman–Crippen LogP) is 2.20. The van der Waals surface area contributed by atoms with Crippen molar-refractivity contribution in [3.8, 4) is 5.75 Å². The Morgan fingerprint density at radius 3 is 2.58 bits per heavy atom. The Morgan fingerprint density at radius 2 is 1.89 bits per heavy atom. The second-order valence-corrected chi connectivity index (χ2v) is 5.41. The van der Waals surface area contributed by atoms with Gasteiger partial charge in [0.1, 0.15) is 5.75 Å². The van der Waals surface area contributed by atoms with Crippen LogP contribution in [0.5, 0.6) is 5.75 Å². The minimum absolute atomic E-state index is 0.813. The van der Waals surface area contributed by atoms with E-state index in [0.717, 1.165) is 37.8 Å². The van der Waals surface area contributed by atoms with Crippen LogP contribution in [0.4, 0.5) is 0 Å². The number of ether oxygens (including phenoxy) is 1. The Morgan fingerprint density at radius 1 is 1.11 bits per heavy atom. The maximum absolute atomic E-state index is 5.34. The highest BCUT2D eigenvalue weighted by Gasteiger charge is 2.19. The van der Waals surface area contributed by atoms with E-state index in [1.165, 1.54) is 29.5 Å². The number of hydrogen-bond acceptors (Lipinski definition) is 3. The lowest BCUT2D eigenvalue weighted by Gasteiger charge is -2.13. The zero-order valence-electron chi connectivity index (χ0n) is 12.4. The van der Waals surface area contributed by atoms with Crippen molar-refractivity contribution < 1.29 is 4.74 Å². The van der Waals surface area contributed by atoms with Gasteiger partial charge in [0.2, 0.25) is 0 Å². The Bertz CT molecular complexity index is 413. The molecule has 1 aliphatic carbocycles. The first kappa shape index (κ1) is 14.4. The van der Waals surface area contributed by atoms with Crippen molar-refractivity contribution in [3.05, 3.63) is 28.8 Å². The fourth-order valence-electron chi connectivity index (χ4n) is 2.34. The topological polar surface area (TPSA) is 33.3 Å². The summed E-state index contributed by atoms with van der Waals surface area (Å²) in [5, 5.41) is 7.01. The summed E-state index contributed by atoms with van der Waals surface area (Å²) >= 11 is 0. The van der Waals surface area contributed by atoms with Gasteiger partial charge in [0, 0.05) is 19.1 Å². The molecular formula is C16H26N2O. The second kappa shape index (κ2) is 6.92. The van der Waals surface area contributed by atoms with Gasteiger partial charge in [-0.3, -0.25) is 0 Å². The van der Waals surface area contributed by atoms with Crippen molar-refractivity contribution in [2.45, 2.75) is 39.2 Å². The van der Waals surface area contributed by atoms with Crippen molar-refractivity contribution in [3.63, 3.8) is 0 Å². The summed E-state index contributed by atoms with van der Waals surface area (Å²) in [7, 11) is 1.73. The normalized spacial score (nSPS) is 14.7. The Balaban J connectivity index is 1.71. The van der Waals surface area contributed by atoms with Crippen molar-refractivity contribution >= 4 is 0 Å². The zero-order valence-corrected chi connectivity index (χ0v) is 12.4. The molecule has 0 saturated heterocycles. The lowest BCUT2D eigenvalue weighted by Crippen LogP contribution is -2.29. The summed E-state index contributed by atoms with van der Waals surface area (Å²) < 4.78 is 5.34. The van der Waals surface area contributed by atoms with Gasteiger partial charge in [-0.05, 0) is 62.4 Å². The number of nitrogens with one attached hydrogen (secondary N) is 2. The van der Waals surface area contributed by atoms with Crippen LogP contribution in [0.1, 0.15) is 29.5 Å². The van der Waals surface area contributed by atoms with Crippen LogP contribution in [-0.4, -0.2) is 32.8 Å². The standard InChI is InChI=1S/C16H26N2O/c1-12-13(2)16(19-3)7-4-14(12)8-9-17-10-11-18-15-5-6-15/h4,7,15,17-18H,5-6,8-11H2,1-3H3. The molecule has 1 aliphatic rings. The minimum Gasteiger partial charge on any atom is -0.496 e. The molecule has 2 rings (SSSR count). The van der Waals surface area contributed by atoms with Crippen molar-refractivity contribution in [1.82, 2.24) is 10.6 Å². The van der Waals surface area contributed by atoms with E-state index in [-0.39, 0.29) is 0 Å². The van der Waals surface area contributed by atoms with Crippen LogP contribution >= 0.6 is 0 Å². The highest BCUT2D eigenvalue weighted by atomic mass is 16.5. The van der Waals surface area contributed by atoms with E-state index < -0.39 is 0 Å². The summed E-state index contributed by atoms with van der Waals surface area (Å²) in [5.41, 5.74) is 4.04. The van der Waals surface area contributed by atoms with Crippen molar-refractivity contribution in [2.24, 2.45) is 0 Å². The van der Waals surface area contributed by atoms with Gasteiger partial charge in [0.05, 0.1) is 7.11 Å². The first-order valence-electron chi connectivity index (χ1n) is 7.29. The van der Waals surface area contributed by atoms with Gasteiger partial charge in [-0.1, -0.05) is 6.07 Å². The van der Waals surface area contributed by atoms with Crippen LogP contribution in [0.15, 0.2) is 12.1 Å². The van der Waals surface area contributed by atoms with Gasteiger partial charge < -0.3 is 15.4 Å². The Hall–Kier alpha value is -1.06. The fourth-order valence-corrected chi connectivity index (χ4v) is 2.34. The van der Waals surface area contributed by atoms with E-state index in [1.807, 2.05) is 0 Å². The third kappa shape index (κ3) is 4.22.